The number of ether oxygens (including phenoxy) is 3. The monoisotopic (exact) mass is 259 g/mol. The molecule has 1 saturated heterocycles. The highest BCUT2D eigenvalue weighted by Gasteiger charge is 2.45. The van der Waals surface area contributed by atoms with E-state index in [-0.39, 0.29) is 6.54 Å². The average molecular weight is 259 g/mol. The fourth-order valence-corrected chi connectivity index (χ4v) is 2.05. The smallest absolute Gasteiger partial charge is 0.407 e. The Balaban J connectivity index is 2.75. The van der Waals surface area contributed by atoms with Crippen molar-refractivity contribution < 1.29 is 24.1 Å². The Morgan fingerprint density at radius 2 is 2.17 bits per heavy atom. The number of likely N-dealkylation sites (tertiary alicyclic amines) is 1. The summed E-state index contributed by atoms with van der Waals surface area (Å²) in [6.45, 7) is 2.92. The lowest BCUT2D eigenvalue weighted by Crippen LogP contribution is -2.59. The van der Waals surface area contributed by atoms with Gasteiger partial charge in [0.2, 0.25) is 0 Å². The van der Waals surface area contributed by atoms with E-state index in [2.05, 4.69) is 0 Å². The predicted molar refractivity (Wildman–Crippen MR) is 65.5 cm³/mol. The van der Waals surface area contributed by atoms with Gasteiger partial charge in [-0.2, -0.15) is 0 Å². The number of carboxylic acid groups (broad SMARTS) is 1. The minimum Gasteiger partial charge on any atom is -0.465 e. The van der Waals surface area contributed by atoms with Gasteiger partial charge >= 0.3 is 6.09 Å². The van der Waals surface area contributed by atoms with E-state index in [0.717, 1.165) is 0 Å². The molecule has 0 aromatic carbocycles. The van der Waals surface area contributed by atoms with Crippen molar-refractivity contribution in [3.63, 3.8) is 0 Å². The van der Waals surface area contributed by atoms with Crippen LogP contribution in [0.2, 0.25) is 0 Å². The highest BCUT2D eigenvalue weighted by Crippen LogP contribution is 2.29. The number of piperidine rings is 1. The van der Waals surface area contributed by atoms with Crippen molar-refractivity contribution in [3.05, 3.63) is 12.2 Å². The molecule has 1 aliphatic rings. The van der Waals surface area contributed by atoms with Crippen LogP contribution in [0, 0.1) is 0 Å². The van der Waals surface area contributed by atoms with Crippen LogP contribution in [0.4, 0.5) is 4.79 Å². The highest BCUT2D eigenvalue weighted by atomic mass is 16.7. The van der Waals surface area contributed by atoms with Crippen LogP contribution in [0.15, 0.2) is 12.2 Å². The zero-order chi connectivity index (χ0) is 13.6. The predicted octanol–water partition coefficient (Wildman–Crippen LogP) is 1.32. The summed E-state index contributed by atoms with van der Waals surface area (Å²) in [5.74, 6) is -0.868. The van der Waals surface area contributed by atoms with Crippen LogP contribution in [-0.4, -0.2) is 61.9 Å². The van der Waals surface area contributed by atoms with Gasteiger partial charge in [0, 0.05) is 27.2 Å². The third-order valence-electron chi connectivity index (χ3n) is 3.20. The third kappa shape index (κ3) is 3.22. The number of hydrogen-bond donors (Lipinski definition) is 1. The van der Waals surface area contributed by atoms with Gasteiger partial charge in [-0.25, -0.2) is 4.79 Å². The second-order valence-corrected chi connectivity index (χ2v) is 4.09. The fourth-order valence-electron chi connectivity index (χ4n) is 2.05. The second-order valence-electron chi connectivity index (χ2n) is 4.09. The lowest BCUT2D eigenvalue weighted by atomic mass is 10.00. The molecule has 0 spiro atoms. The SMILES string of the molecule is C/C=C/COC1CN(C(=O)O)CCC1(OC)OC. The molecule has 1 unspecified atom stereocenters. The van der Waals surface area contributed by atoms with Gasteiger partial charge in [-0.15, -0.1) is 0 Å². The van der Waals surface area contributed by atoms with Gasteiger partial charge in [0.1, 0.15) is 6.10 Å². The van der Waals surface area contributed by atoms with E-state index in [9.17, 15) is 4.79 Å². The lowest BCUT2D eigenvalue weighted by Gasteiger charge is -2.44. The number of hydrogen-bond acceptors (Lipinski definition) is 4. The standard InChI is InChI=1S/C12H21NO5/c1-4-5-8-18-10-9-13(11(14)15)7-6-12(10,16-2)17-3/h4-5,10H,6-9H2,1-3H3,(H,14,15)/b5-4+. The van der Waals surface area contributed by atoms with Gasteiger partial charge < -0.3 is 24.2 Å². The van der Waals surface area contributed by atoms with Gasteiger partial charge in [0.05, 0.1) is 13.2 Å². The molecule has 0 saturated carbocycles. The quantitative estimate of drug-likeness (QED) is 0.595. The van der Waals surface area contributed by atoms with E-state index in [4.69, 9.17) is 19.3 Å². The van der Waals surface area contributed by atoms with Crippen LogP contribution in [0.3, 0.4) is 0 Å². The van der Waals surface area contributed by atoms with Crippen LogP contribution in [0.5, 0.6) is 0 Å². The first-order valence-corrected chi connectivity index (χ1v) is 5.90. The Labute approximate surface area is 107 Å². The van der Waals surface area contributed by atoms with Gasteiger partial charge in [-0.3, -0.25) is 0 Å². The molecule has 0 bridgehead atoms. The molecule has 0 aromatic heterocycles. The number of rotatable bonds is 5. The zero-order valence-electron chi connectivity index (χ0n) is 11.1. The number of nitrogens with zero attached hydrogens (tertiary/aromatic N) is 1. The molecule has 0 aliphatic carbocycles. The molecular weight excluding hydrogens is 238 g/mol. The van der Waals surface area contributed by atoms with Crippen LogP contribution in [-0.2, 0) is 14.2 Å². The van der Waals surface area contributed by atoms with E-state index in [1.165, 1.54) is 4.90 Å². The maximum atomic E-state index is 11.0. The lowest BCUT2D eigenvalue weighted by molar-refractivity contribution is -0.284. The Hall–Kier alpha value is -1.11. The Bertz CT molecular complexity index is 301. The van der Waals surface area contributed by atoms with Crippen LogP contribution in [0.1, 0.15) is 13.3 Å². The van der Waals surface area contributed by atoms with Crippen molar-refractivity contribution in [1.29, 1.82) is 0 Å². The maximum Gasteiger partial charge on any atom is 0.407 e. The summed E-state index contributed by atoms with van der Waals surface area (Å²) in [5, 5.41) is 9.02. The molecule has 0 aromatic rings. The van der Waals surface area contributed by atoms with Crippen molar-refractivity contribution in [2.75, 3.05) is 33.9 Å². The van der Waals surface area contributed by atoms with Crippen molar-refractivity contribution in [1.82, 2.24) is 4.90 Å². The molecule has 6 heteroatoms. The number of allylic oxidation sites excluding steroid dienone is 1. The molecule has 6 nitrogen and oxygen atoms in total. The zero-order valence-corrected chi connectivity index (χ0v) is 11.1. The second kappa shape index (κ2) is 6.72. The van der Waals surface area contributed by atoms with E-state index in [0.29, 0.717) is 19.6 Å². The average Bonchev–Trinajstić information content (AvgIpc) is 2.39. The Morgan fingerprint density at radius 1 is 1.50 bits per heavy atom. The van der Waals surface area contributed by atoms with E-state index in [1.54, 1.807) is 14.2 Å². The fraction of sp³-hybridized carbons (Fsp3) is 0.750. The molecule has 1 rings (SSSR count). The minimum atomic E-state index is -0.949. The van der Waals surface area contributed by atoms with E-state index >= 15 is 0 Å². The maximum absolute atomic E-state index is 11.0. The number of methoxy groups -OCH3 is 2. The van der Waals surface area contributed by atoms with Crippen molar-refractivity contribution >= 4 is 6.09 Å². The molecule has 1 heterocycles. The first kappa shape index (κ1) is 14.9. The van der Waals surface area contributed by atoms with E-state index < -0.39 is 18.0 Å². The van der Waals surface area contributed by atoms with Crippen LogP contribution >= 0.6 is 0 Å². The van der Waals surface area contributed by atoms with Crippen LogP contribution < -0.4 is 0 Å². The summed E-state index contributed by atoms with van der Waals surface area (Å²) in [5.41, 5.74) is 0. The third-order valence-corrected chi connectivity index (χ3v) is 3.20. The molecule has 1 amide bonds. The summed E-state index contributed by atoms with van der Waals surface area (Å²) in [4.78, 5) is 12.3. The first-order valence-electron chi connectivity index (χ1n) is 5.90. The van der Waals surface area contributed by atoms with Gasteiger partial charge in [0.15, 0.2) is 5.79 Å². The van der Waals surface area contributed by atoms with Crippen LogP contribution in [0.25, 0.3) is 0 Å². The van der Waals surface area contributed by atoms with Gasteiger partial charge in [-0.05, 0) is 6.92 Å². The summed E-state index contributed by atoms with van der Waals surface area (Å²) in [7, 11) is 3.10. The van der Waals surface area contributed by atoms with Crippen molar-refractivity contribution in [2.45, 2.75) is 25.2 Å². The Kier molecular flexibility index (Phi) is 5.58. The molecule has 1 fully saturated rings. The summed E-state index contributed by atoms with van der Waals surface area (Å²) in [6.07, 6.45) is 2.80. The van der Waals surface area contributed by atoms with Crippen molar-refractivity contribution in [3.8, 4) is 0 Å². The number of amides is 1. The molecule has 104 valence electrons. The minimum absolute atomic E-state index is 0.245. The first-order chi connectivity index (χ1) is 8.59. The number of carbonyl (C=O) groups is 1. The molecule has 1 aliphatic heterocycles. The summed E-state index contributed by atoms with van der Waals surface area (Å²) < 4.78 is 16.5. The largest absolute Gasteiger partial charge is 0.465 e. The molecular formula is C12H21NO5. The van der Waals surface area contributed by atoms with Crippen molar-refractivity contribution in [2.24, 2.45) is 0 Å². The summed E-state index contributed by atoms with van der Waals surface area (Å²) >= 11 is 0. The van der Waals surface area contributed by atoms with E-state index in [1.807, 2.05) is 19.1 Å². The highest BCUT2D eigenvalue weighted by molar-refractivity contribution is 5.65. The topological polar surface area (TPSA) is 68.2 Å². The van der Waals surface area contributed by atoms with Gasteiger partial charge in [-0.1, -0.05) is 12.2 Å². The molecule has 18 heavy (non-hydrogen) atoms. The Morgan fingerprint density at radius 3 is 2.67 bits per heavy atom. The molecule has 1 atom stereocenters. The summed E-state index contributed by atoms with van der Waals surface area (Å²) in [6, 6.07) is 0. The molecule has 0 radical (unpaired) electrons. The van der Waals surface area contributed by atoms with Gasteiger partial charge in [0.25, 0.3) is 0 Å². The molecule has 1 N–H and O–H groups in total. The normalized spacial score (nSPS) is 23.5.